The molecule has 0 bridgehead atoms. The van der Waals surface area contributed by atoms with Crippen LogP contribution in [0.2, 0.25) is 5.02 Å². The number of aromatic nitrogens is 1. The Morgan fingerprint density at radius 3 is 2.76 bits per heavy atom. The number of fused-ring (bicyclic) bond motifs is 3. The van der Waals surface area contributed by atoms with Crippen LogP contribution in [0.3, 0.4) is 0 Å². The first-order valence-electron chi connectivity index (χ1n) is 9.65. The maximum absolute atomic E-state index is 13.8. The summed E-state index contributed by atoms with van der Waals surface area (Å²) >= 11 is 9.01. The maximum Gasteiger partial charge on any atom is 0.355 e. The molecule has 0 amide bonds. The molecule has 1 atom stereocenters. The maximum atomic E-state index is 13.8. The number of carbonyl (C=O) groups is 1. The molecule has 1 unspecified atom stereocenters. The van der Waals surface area contributed by atoms with E-state index >= 15 is 0 Å². The summed E-state index contributed by atoms with van der Waals surface area (Å²) < 4.78 is 14.7. The minimum Gasteiger partial charge on any atom is -0.476 e. The van der Waals surface area contributed by atoms with Crippen LogP contribution in [-0.4, -0.2) is 21.8 Å². The average Bonchev–Trinajstić information content (AvgIpc) is 3.15. The number of benzene rings is 2. The molecule has 0 spiro atoms. The lowest BCUT2D eigenvalue weighted by Crippen LogP contribution is -2.18. The van der Waals surface area contributed by atoms with E-state index in [1.807, 2.05) is 6.92 Å². The zero-order valence-electron chi connectivity index (χ0n) is 17.4. The summed E-state index contributed by atoms with van der Waals surface area (Å²) in [4.78, 5) is 21.0. The lowest BCUT2D eigenvalue weighted by atomic mass is 9.99. The fourth-order valence-corrected chi connectivity index (χ4v) is 6.20. The fraction of sp³-hybridized carbons (Fsp3) is 0.130. The quantitative estimate of drug-likeness (QED) is 0.415. The van der Waals surface area contributed by atoms with E-state index in [9.17, 15) is 19.6 Å². The van der Waals surface area contributed by atoms with Crippen LogP contribution in [0.1, 0.15) is 35.8 Å². The highest BCUT2D eigenvalue weighted by Crippen LogP contribution is 2.53. The number of allylic oxidation sites excluding steroid dienone is 1. The molecule has 0 saturated carbocycles. The first-order valence-corrected chi connectivity index (χ1v) is 11.7. The van der Waals surface area contributed by atoms with Crippen molar-refractivity contribution < 1.29 is 14.3 Å². The number of carboxylic acid groups (broad SMARTS) is 1. The molecule has 6 nitrogen and oxygen atoms in total. The van der Waals surface area contributed by atoms with Crippen molar-refractivity contribution in [3.63, 3.8) is 0 Å². The van der Waals surface area contributed by atoms with E-state index in [0.29, 0.717) is 21.8 Å². The van der Waals surface area contributed by atoms with Crippen LogP contribution in [0.4, 0.5) is 9.52 Å². The van der Waals surface area contributed by atoms with Crippen LogP contribution in [0.25, 0.3) is 16.8 Å². The van der Waals surface area contributed by atoms with Gasteiger partial charge in [-0.05, 0) is 49.2 Å². The third-order valence-corrected chi connectivity index (χ3v) is 7.59. The number of nitrogens with zero attached hydrogens (tertiary/aromatic N) is 3. The summed E-state index contributed by atoms with van der Waals surface area (Å²) in [6.07, 6.45) is 0. The minimum absolute atomic E-state index is 0.0583. The standard InChI is InChI=1S/C23H16ClFN4O2S2/c1-10(27)18(12-4-3-5-14(25)6-12)20(21(30)31)29-23-28-19-16-7-13(9-26)17(24)8-15(16)11(2)32-22(19)33-23/h3-8,11H,27H2,1-2H3,(H,30,31). The summed E-state index contributed by atoms with van der Waals surface area (Å²) in [5.41, 5.74) is 8.92. The van der Waals surface area contributed by atoms with Gasteiger partial charge >= 0.3 is 5.97 Å². The Morgan fingerprint density at radius 2 is 2.12 bits per heavy atom. The van der Waals surface area contributed by atoms with E-state index in [0.717, 1.165) is 15.3 Å². The SMILES string of the molecule is CC(N)=C(C(=Nc1nc2c(s1)SC(C)c1cc(Cl)c(C#N)cc1-2)C(=O)O)c1cccc(F)c1. The van der Waals surface area contributed by atoms with E-state index in [4.69, 9.17) is 17.3 Å². The van der Waals surface area contributed by atoms with E-state index in [-0.39, 0.29) is 27.4 Å². The number of nitriles is 1. The number of thiazole rings is 1. The number of hydrogen-bond donors (Lipinski definition) is 2. The lowest BCUT2D eigenvalue weighted by Gasteiger charge is -2.21. The normalized spacial score (nSPS) is 15.8. The monoisotopic (exact) mass is 498 g/mol. The zero-order valence-corrected chi connectivity index (χ0v) is 19.8. The van der Waals surface area contributed by atoms with Gasteiger partial charge in [0.15, 0.2) is 5.71 Å². The van der Waals surface area contributed by atoms with E-state index in [1.54, 1.807) is 30.0 Å². The van der Waals surface area contributed by atoms with Crippen molar-refractivity contribution in [3.8, 4) is 17.3 Å². The van der Waals surface area contributed by atoms with Gasteiger partial charge in [0.1, 0.15) is 11.9 Å². The van der Waals surface area contributed by atoms with Crippen LogP contribution in [0, 0.1) is 17.1 Å². The first-order chi connectivity index (χ1) is 15.7. The second kappa shape index (κ2) is 8.98. The molecule has 1 aromatic heterocycles. The van der Waals surface area contributed by atoms with Gasteiger partial charge in [0, 0.05) is 22.1 Å². The van der Waals surface area contributed by atoms with Crippen molar-refractivity contribution >= 4 is 57.1 Å². The summed E-state index contributed by atoms with van der Waals surface area (Å²) in [6.45, 7) is 3.55. The zero-order chi connectivity index (χ0) is 23.9. The Kier molecular flexibility index (Phi) is 6.26. The Hall–Kier alpha value is -3.19. The summed E-state index contributed by atoms with van der Waals surface area (Å²) in [5.74, 6) is -1.83. The molecule has 0 fully saturated rings. The Morgan fingerprint density at radius 1 is 1.36 bits per heavy atom. The van der Waals surface area contributed by atoms with Crippen LogP contribution in [-0.2, 0) is 4.79 Å². The highest BCUT2D eigenvalue weighted by atomic mass is 35.5. The molecule has 0 aliphatic carbocycles. The molecule has 0 saturated heterocycles. The Balaban J connectivity index is 1.86. The number of thioether (sulfide) groups is 1. The van der Waals surface area contributed by atoms with E-state index in [2.05, 4.69) is 16.0 Å². The molecule has 10 heteroatoms. The molecule has 166 valence electrons. The first kappa shape index (κ1) is 23.0. The van der Waals surface area contributed by atoms with Gasteiger partial charge in [-0.1, -0.05) is 35.1 Å². The third kappa shape index (κ3) is 4.37. The number of carboxylic acids is 1. The molecule has 0 radical (unpaired) electrons. The van der Waals surface area contributed by atoms with Gasteiger partial charge in [0.25, 0.3) is 0 Å². The van der Waals surface area contributed by atoms with Gasteiger partial charge in [-0.2, -0.15) is 5.26 Å². The Labute approximate surface area is 202 Å². The fourth-order valence-electron chi connectivity index (χ4n) is 3.53. The highest BCUT2D eigenvalue weighted by Gasteiger charge is 2.29. The summed E-state index contributed by atoms with van der Waals surface area (Å²) in [7, 11) is 0. The van der Waals surface area contributed by atoms with Crippen molar-refractivity contribution in [2.24, 2.45) is 10.7 Å². The minimum atomic E-state index is -1.31. The van der Waals surface area contributed by atoms with Crippen LogP contribution >= 0.6 is 34.7 Å². The average molecular weight is 499 g/mol. The number of rotatable bonds is 4. The van der Waals surface area contributed by atoms with Gasteiger partial charge in [-0.15, -0.1) is 11.8 Å². The van der Waals surface area contributed by atoms with E-state index in [1.165, 1.54) is 36.5 Å². The number of halogens is 2. The van der Waals surface area contributed by atoms with Gasteiger partial charge in [0.05, 0.1) is 20.5 Å². The second-order valence-electron chi connectivity index (χ2n) is 7.26. The number of hydrogen-bond acceptors (Lipinski definition) is 7. The van der Waals surface area contributed by atoms with Crippen LogP contribution in [0.15, 0.2) is 51.3 Å². The molecule has 2 heterocycles. The smallest absolute Gasteiger partial charge is 0.355 e. The van der Waals surface area contributed by atoms with E-state index < -0.39 is 11.8 Å². The largest absolute Gasteiger partial charge is 0.476 e. The summed E-state index contributed by atoms with van der Waals surface area (Å²) in [6, 6.07) is 11.1. The predicted octanol–water partition coefficient (Wildman–Crippen LogP) is 6.19. The topological polar surface area (TPSA) is 112 Å². The van der Waals surface area contributed by atoms with Crippen molar-refractivity contribution in [1.29, 1.82) is 5.26 Å². The number of nitrogens with two attached hydrogens (primary N) is 1. The molecular formula is C23H16ClFN4O2S2. The molecule has 3 aromatic rings. The Bertz CT molecular complexity index is 1400. The molecule has 1 aliphatic rings. The van der Waals surface area contributed by atoms with Gasteiger partial charge in [-0.25, -0.2) is 19.2 Å². The second-order valence-corrected chi connectivity index (χ2v) is 10.3. The van der Waals surface area contributed by atoms with Gasteiger partial charge in [0.2, 0.25) is 5.13 Å². The molecule has 3 N–H and O–H groups in total. The molecule has 33 heavy (non-hydrogen) atoms. The third-order valence-electron chi connectivity index (χ3n) is 4.98. The molecule has 1 aliphatic heterocycles. The van der Waals surface area contributed by atoms with Crippen molar-refractivity contribution in [2.45, 2.75) is 23.3 Å². The van der Waals surface area contributed by atoms with Crippen molar-refractivity contribution in [2.75, 3.05) is 0 Å². The molecule has 4 rings (SSSR count). The molecular weight excluding hydrogens is 483 g/mol. The summed E-state index contributed by atoms with van der Waals surface area (Å²) in [5, 5.41) is 19.9. The van der Waals surface area contributed by atoms with Crippen LogP contribution < -0.4 is 5.73 Å². The molecule has 2 aromatic carbocycles. The number of aliphatic carboxylic acids is 1. The van der Waals surface area contributed by atoms with Gasteiger partial charge < -0.3 is 10.8 Å². The predicted molar refractivity (Wildman–Crippen MR) is 129 cm³/mol. The number of aliphatic imine (C=N–C) groups is 1. The van der Waals surface area contributed by atoms with Crippen molar-refractivity contribution in [1.82, 2.24) is 4.98 Å². The van der Waals surface area contributed by atoms with Crippen molar-refractivity contribution in [3.05, 3.63) is 69.6 Å². The van der Waals surface area contributed by atoms with Crippen LogP contribution in [0.5, 0.6) is 0 Å². The highest BCUT2D eigenvalue weighted by molar-refractivity contribution is 8.01. The lowest BCUT2D eigenvalue weighted by molar-refractivity contribution is -0.129. The van der Waals surface area contributed by atoms with Gasteiger partial charge in [-0.3, -0.25) is 0 Å².